The summed E-state index contributed by atoms with van der Waals surface area (Å²) in [6, 6.07) is -0.229. The fraction of sp³-hybridized carbons (Fsp3) is 0.692. The lowest BCUT2D eigenvalue weighted by atomic mass is 10.2. The van der Waals surface area contributed by atoms with Gasteiger partial charge in [0.1, 0.15) is 11.9 Å². The Hall–Kier alpha value is -1.72. The van der Waals surface area contributed by atoms with Crippen LogP contribution in [-0.4, -0.2) is 27.8 Å². The molecule has 0 saturated carbocycles. The number of rotatable bonds is 6. The van der Waals surface area contributed by atoms with Crippen LogP contribution < -0.4 is 16.4 Å². The molecule has 19 heavy (non-hydrogen) atoms. The number of nitrogens with two attached hydrogens (primary N) is 1. The number of carbonyl (C=O) groups is 1. The number of hydrogen-bond donors (Lipinski definition) is 3. The molecule has 0 aromatic carbocycles. The highest BCUT2D eigenvalue weighted by Gasteiger charge is 2.18. The molecular formula is C13H25N5O. The Morgan fingerprint density at radius 3 is 2.58 bits per heavy atom. The van der Waals surface area contributed by atoms with Gasteiger partial charge in [0, 0.05) is 12.6 Å². The number of aryl methyl sites for hydroxylation is 2. The van der Waals surface area contributed by atoms with Gasteiger partial charge in [0.2, 0.25) is 5.91 Å². The molecule has 1 amide bonds. The molecule has 1 rings (SSSR count). The Balaban J connectivity index is 2.83. The minimum Gasteiger partial charge on any atom is -0.394 e. The van der Waals surface area contributed by atoms with Crippen molar-refractivity contribution < 1.29 is 4.79 Å². The van der Waals surface area contributed by atoms with Gasteiger partial charge in [0.25, 0.3) is 0 Å². The largest absolute Gasteiger partial charge is 0.394 e. The summed E-state index contributed by atoms with van der Waals surface area (Å²) in [5, 5.41) is 10.4. The maximum Gasteiger partial charge on any atom is 0.242 e. The van der Waals surface area contributed by atoms with Crippen molar-refractivity contribution in [2.24, 2.45) is 0 Å². The van der Waals surface area contributed by atoms with Crippen molar-refractivity contribution in [2.75, 3.05) is 11.1 Å². The van der Waals surface area contributed by atoms with E-state index in [1.54, 1.807) is 0 Å². The van der Waals surface area contributed by atoms with Crippen molar-refractivity contribution in [3.05, 3.63) is 5.69 Å². The molecule has 6 nitrogen and oxygen atoms in total. The van der Waals surface area contributed by atoms with Gasteiger partial charge < -0.3 is 16.4 Å². The molecule has 0 fully saturated rings. The second-order valence-electron chi connectivity index (χ2n) is 5.10. The summed E-state index contributed by atoms with van der Waals surface area (Å²) in [5.74, 6) is 0.682. The van der Waals surface area contributed by atoms with E-state index in [1.807, 2.05) is 32.4 Å². The molecule has 0 spiro atoms. The van der Waals surface area contributed by atoms with Gasteiger partial charge in [-0.3, -0.25) is 4.79 Å². The molecule has 0 aliphatic rings. The fourth-order valence-corrected chi connectivity index (χ4v) is 1.80. The zero-order valence-electron chi connectivity index (χ0n) is 12.4. The first-order valence-corrected chi connectivity index (χ1v) is 6.76. The maximum atomic E-state index is 11.9. The molecule has 6 heteroatoms. The molecule has 1 aromatic rings. The molecule has 0 aliphatic heterocycles. The highest BCUT2D eigenvalue weighted by atomic mass is 16.2. The summed E-state index contributed by atoms with van der Waals surface area (Å²) in [6.07, 6.45) is 0.960. The average molecular weight is 267 g/mol. The summed E-state index contributed by atoms with van der Waals surface area (Å²) in [4.78, 5) is 11.9. The first-order chi connectivity index (χ1) is 8.86. The van der Waals surface area contributed by atoms with Crippen LogP contribution in [0.2, 0.25) is 0 Å². The summed E-state index contributed by atoms with van der Waals surface area (Å²) in [7, 11) is 0. The lowest BCUT2D eigenvalue weighted by Gasteiger charge is -2.18. The van der Waals surface area contributed by atoms with Crippen molar-refractivity contribution in [3.8, 4) is 0 Å². The first-order valence-electron chi connectivity index (χ1n) is 6.76. The van der Waals surface area contributed by atoms with Crippen molar-refractivity contribution in [2.45, 2.75) is 59.7 Å². The lowest BCUT2D eigenvalue weighted by Crippen LogP contribution is -2.41. The number of anilines is 2. The van der Waals surface area contributed by atoms with Gasteiger partial charge in [-0.25, -0.2) is 4.68 Å². The summed E-state index contributed by atoms with van der Waals surface area (Å²) in [6.45, 7) is 10.4. The zero-order valence-corrected chi connectivity index (χ0v) is 12.4. The van der Waals surface area contributed by atoms with E-state index in [-0.39, 0.29) is 18.0 Å². The number of nitrogens with zero attached hydrogens (tertiary/aromatic N) is 2. The van der Waals surface area contributed by atoms with E-state index in [1.165, 1.54) is 0 Å². The minimum atomic E-state index is -0.351. The molecule has 108 valence electrons. The molecule has 1 heterocycles. The molecule has 0 radical (unpaired) electrons. The van der Waals surface area contributed by atoms with E-state index in [0.29, 0.717) is 5.69 Å². The first kappa shape index (κ1) is 15.3. The number of aromatic nitrogens is 2. The van der Waals surface area contributed by atoms with Crippen LogP contribution in [0.3, 0.4) is 0 Å². The monoisotopic (exact) mass is 267 g/mol. The SMILES string of the molecule is CCCn1nc(C)c(N)c1NC(C)C(=O)NC(C)C. The van der Waals surface area contributed by atoms with Crippen molar-refractivity contribution in [1.29, 1.82) is 0 Å². The number of nitrogen functional groups attached to an aromatic ring is 1. The van der Waals surface area contributed by atoms with E-state index in [4.69, 9.17) is 5.73 Å². The molecule has 0 aliphatic carbocycles. The van der Waals surface area contributed by atoms with E-state index in [0.717, 1.165) is 24.5 Å². The van der Waals surface area contributed by atoms with Crippen LogP contribution in [0.5, 0.6) is 0 Å². The average Bonchev–Trinajstić information content (AvgIpc) is 2.56. The second kappa shape index (κ2) is 6.45. The molecule has 4 N–H and O–H groups in total. The molecular weight excluding hydrogens is 242 g/mol. The zero-order chi connectivity index (χ0) is 14.6. The fourth-order valence-electron chi connectivity index (χ4n) is 1.80. The Bertz CT molecular complexity index is 438. The smallest absolute Gasteiger partial charge is 0.242 e. The van der Waals surface area contributed by atoms with Crippen LogP contribution in [0.15, 0.2) is 0 Å². The summed E-state index contributed by atoms with van der Waals surface area (Å²) < 4.78 is 1.82. The van der Waals surface area contributed by atoms with E-state index in [9.17, 15) is 4.79 Å². The summed E-state index contributed by atoms with van der Waals surface area (Å²) >= 11 is 0. The summed E-state index contributed by atoms with van der Waals surface area (Å²) in [5.41, 5.74) is 7.40. The quantitative estimate of drug-likeness (QED) is 0.729. The van der Waals surface area contributed by atoms with Gasteiger partial charge in [0.05, 0.1) is 11.4 Å². The Kier molecular flexibility index (Phi) is 5.20. The van der Waals surface area contributed by atoms with Gasteiger partial charge in [0.15, 0.2) is 0 Å². The molecule has 1 atom stereocenters. The van der Waals surface area contributed by atoms with E-state index < -0.39 is 0 Å². The van der Waals surface area contributed by atoms with Crippen molar-refractivity contribution in [3.63, 3.8) is 0 Å². The van der Waals surface area contributed by atoms with E-state index in [2.05, 4.69) is 22.7 Å². The predicted molar refractivity (Wildman–Crippen MR) is 78.0 cm³/mol. The number of carbonyl (C=O) groups excluding carboxylic acids is 1. The Morgan fingerprint density at radius 1 is 1.42 bits per heavy atom. The van der Waals surface area contributed by atoms with Gasteiger partial charge in [-0.2, -0.15) is 5.10 Å². The third-order valence-electron chi connectivity index (χ3n) is 2.79. The van der Waals surface area contributed by atoms with Crippen molar-refractivity contribution >= 4 is 17.4 Å². The topological polar surface area (TPSA) is 85.0 Å². The van der Waals surface area contributed by atoms with Crippen LogP contribution in [-0.2, 0) is 11.3 Å². The predicted octanol–water partition coefficient (Wildman–Crippen LogP) is 1.51. The maximum absolute atomic E-state index is 11.9. The van der Waals surface area contributed by atoms with Gasteiger partial charge in [-0.05, 0) is 34.1 Å². The van der Waals surface area contributed by atoms with Crippen LogP contribution in [0.1, 0.15) is 39.8 Å². The van der Waals surface area contributed by atoms with Gasteiger partial charge in [-0.1, -0.05) is 6.92 Å². The third-order valence-corrected chi connectivity index (χ3v) is 2.79. The van der Waals surface area contributed by atoms with Gasteiger partial charge >= 0.3 is 0 Å². The minimum absolute atomic E-state index is 0.0451. The molecule has 0 bridgehead atoms. The van der Waals surface area contributed by atoms with Gasteiger partial charge in [-0.15, -0.1) is 0 Å². The number of nitrogens with one attached hydrogen (secondary N) is 2. The van der Waals surface area contributed by atoms with Crippen LogP contribution >= 0.6 is 0 Å². The second-order valence-corrected chi connectivity index (χ2v) is 5.10. The molecule has 0 saturated heterocycles. The highest BCUT2D eigenvalue weighted by molar-refractivity contribution is 5.85. The lowest BCUT2D eigenvalue weighted by molar-refractivity contribution is -0.122. The van der Waals surface area contributed by atoms with Crippen LogP contribution in [0, 0.1) is 6.92 Å². The number of hydrogen-bond acceptors (Lipinski definition) is 4. The van der Waals surface area contributed by atoms with E-state index >= 15 is 0 Å². The van der Waals surface area contributed by atoms with Crippen molar-refractivity contribution in [1.82, 2.24) is 15.1 Å². The molecule has 1 aromatic heterocycles. The third kappa shape index (κ3) is 3.87. The highest BCUT2D eigenvalue weighted by Crippen LogP contribution is 2.23. The number of amides is 1. The Morgan fingerprint density at radius 2 is 2.05 bits per heavy atom. The molecule has 1 unspecified atom stereocenters. The van der Waals surface area contributed by atoms with Crippen LogP contribution in [0.4, 0.5) is 11.5 Å². The standard InChI is InChI=1S/C13H25N5O/c1-6-7-18-12(11(14)9(4)17-18)16-10(5)13(19)15-8(2)3/h8,10,16H,6-7,14H2,1-5H3,(H,15,19). The Labute approximate surface area is 114 Å². The van der Waals surface area contributed by atoms with Crippen LogP contribution in [0.25, 0.3) is 0 Å². The normalized spacial score (nSPS) is 12.5.